The molecule has 0 bridgehead atoms. The lowest BCUT2D eigenvalue weighted by Crippen LogP contribution is -2.18. The Labute approximate surface area is 132 Å². The molecule has 0 aliphatic heterocycles. The summed E-state index contributed by atoms with van der Waals surface area (Å²) in [7, 11) is 0. The topological polar surface area (TPSA) is 41.5 Å². The van der Waals surface area contributed by atoms with Gasteiger partial charge in [-0.1, -0.05) is 58.4 Å². The molecule has 4 heteroatoms. The molecule has 0 spiro atoms. The molecule has 106 valence electrons. The van der Waals surface area contributed by atoms with Gasteiger partial charge in [-0.3, -0.25) is 4.79 Å². The molecule has 0 radical (unpaired) electrons. The van der Waals surface area contributed by atoms with Gasteiger partial charge in [-0.25, -0.2) is 5.43 Å². The molecule has 0 unspecified atom stereocenters. The van der Waals surface area contributed by atoms with Gasteiger partial charge < -0.3 is 0 Å². The molecule has 0 aromatic heterocycles. The van der Waals surface area contributed by atoms with Crippen molar-refractivity contribution in [2.45, 2.75) is 6.92 Å². The van der Waals surface area contributed by atoms with Crippen molar-refractivity contribution < 1.29 is 4.79 Å². The van der Waals surface area contributed by atoms with Gasteiger partial charge >= 0.3 is 0 Å². The number of carbonyl (C=O) groups is 1. The number of allylic oxidation sites excluding steroid dienone is 1. The highest BCUT2D eigenvalue weighted by atomic mass is 79.9. The van der Waals surface area contributed by atoms with Gasteiger partial charge in [0, 0.05) is 10.0 Å². The van der Waals surface area contributed by atoms with Gasteiger partial charge in [0.15, 0.2) is 0 Å². The van der Waals surface area contributed by atoms with E-state index in [0.717, 1.165) is 15.7 Å². The van der Waals surface area contributed by atoms with Crippen LogP contribution in [0.4, 0.5) is 0 Å². The number of hydrogen-bond donors (Lipinski definition) is 1. The molecule has 2 aromatic carbocycles. The number of nitrogens with one attached hydrogen (secondary N) is 1. The maximum Gasteiger partial charge on any atom is 0.271 e. The number of halogens is 1. The average Bonchev–Trinajstić information content (AvgIpc) is 2.51. The normalized spacial score (nSPS) is 11.6. The number of amides is 1. The van der Waals surface area contributed by atoms with Crippen molar-refractivity contribution in [3.8, 4) is 0 Å². The predicted molar refractivity (Wildman–Crippen MR) is 90.2 cm³/mol. The van der Waals surface area contributed by atoms with E-state index in [1.807, 2.05) is 61.5 Å². The standard InChI is InChI=1S/C17H15BrN2O/c1-13(10-11-14-6-3-2-4-7-14)19-20-17(21)15-8-5-9-16(18)12-15/h2-12H,1H3,(H,20,21)/b11-10+,19-13+. The molecule has 2 rings (SSSR count). The summed E-state index contributed by atoms with van der Waals surface area (Å²) < 4.78 is 0.861. The Kier molecular flexibility index (Phi) is 5.46. The first-order chi connectivity index (χ1) is 10.1. The summed E-state index contributed by atoms with van der Waals surface area (Å²) >= 11 is 3.33. The molecule has 0 saturated carbocycles. The van der Waals surface area contributed by atoms with Crippen molar-refractivity contribution >= 4 is 33.6 Å². The van der Waals surface area contributed by atoms with Crippen LogP contribution in [0, 0.1) is 0 Å². The molecule has 0 saturated heterocycles. The Morgan fingerprint density at radius 1 is 1.14 bits per heavy atom. The van der Waals surface area contributed by atoms with Crippen molar-refractivity contribution in [1.29, 1.82) is 0 Å². The zero-order chi connectivity index (χ0) is 15.1. The van der Waals surface area contributed by atoms with Crippen LogP contribution in [0.25, 0.3) is 6.08 Å². The fourth-order valence-corrected chi connectivity index (χ4v) is 2.05. The fraction of sp³-hybridized carbons (Fsp3) is 0.0588. The highest BCUT2D eigenvalue weighted by Crippen LogP contribution is 2.11. The van der Waals surface area contributed by atoms with Crippen LogP contribution in [0.2, 0.25) is 0 Å². The summed E-state index contributed by atoms with van der Waals surface area (Å²) in [6.45, 7) is 1.83. The summed E-state index contributed by atoms with van der Waals surface area (Å²) in [5, 5.41) is 4.06. The second-order valence-corrected chi connectivity index (χ2v) is 5.36. The van der Waals surface area contributed by atoms with Gasteiger partial charge in [0.2, 0.25) is 0 Å². The van der Waals surface area contributed by atoms with E-state index in [2.05, 4.69) is 26.5 Å². The lowest BCUT2D eigenvalue weighted by atomic mass is 10.2. The Morgan fingerprint density at radius 2 is 1.90 bits per heavy atom. The highest BCUT2D eigenvalue weighted by Gasteiger charge is 2.03. The molecule has 0 fully saturated rings. The van der Waals surface area contributed by atoms with Crippen LogP contribution in [0.1, 0.15) is 22.8 Å². The second-order valence-electron chi connectivity index (χ2n) is 4.45. The number of nitrogens with zero attached hydrogens (tertiary/aromatic N) is 1. The average molecular weight is 343 g/mol. The molecule has 0 aliphatic carbocycles. The molecule has 3 nitrogen and oxygen atoms in total. The molecule has 2 aromatic rings. The first kappa shape index (κ1) is 15.2. The molecule has 0 aliphatic rings. The van der Waals surface area contributed by atoms with Gasteiger partial charge in [0.1, 0.15) is 0 Å². The lowest BCUT2D eigenvalue weighted by molar-refractivity contribution is 0.0955. The van der Waals surface area contributed by atoms with Crippen molar-refractivity contribution in [1.82, 2.24) is 5.43 Å². The van der Waals surface area contributed by atoms with Crippen LogP contribution in [0.5, 0.6) is 0 Å². The summed E-state index contributed by atoms with van der Waals surface area (Å²) in [5.41, 5.74) is 4.91. The number of benzene rings is 2. The number of hydrogen-bond acceptors (Lipinski definition) is 2. The fourth-order valence-electron chi connectivity index (χ4n) is 1.65. The van der Waals surface area contributed by atoms with E-state index >= 15 is 0 Å². The largest absolute Gasteiger partial charge is 0.271 e. The van der Waals surface area contributed by atoms with Crippen molar-refractivity contribution in [2.24, 2.45) is 5.10 Å². The smallest absolute Gasteiger partial charge is 0.267 e. The minimum absolute atomic E-state index is 0.233. The molecule has 0 atom stereocenters. The van der Waals surface area contributed by atoms with Crippen molar-refractivity contribution in [2.75, 3.05) is 0 Å². The molecule has 21 heavy (non-hydrogen) atoms. The zero-order valence-electron chi connectivity index (χ0n) is 11.6. The minimum Gasteiger partial charge on any atom is -0.267 e. The van der Waals surface area contributed by atoms with Crippen LogP contribution in [-0.2, 0) is 0 Å². The summed E-state index contributed by atoms with van der Waals surface area (Å²) in [6, 6.07) is 17.1. The van der Waals surface area contributed by atoms with Crippen LogP contribution in [0.3, 0.4) is 0 Å². The maximum absolute atomic E-state index is 11.9. The van der Waals surface area contributed by atoms with Crippen LogP contribution < -0.4 is 5.43 Å². The molecule has 0 heterocycles. The third-order valence-corrected chi connectivity index (χ3v) is 3.23. The monoisotopic (exact) mass is 342 g/mol. The Morgan fingerprint density at radius 3 is 2.62 bits per heavy atom. The SMILES string of the molecule is CC(/C=C/c1ccccc1)=N\NC(=O)c1cccc(Br)c1. The minimum atomic E-state index is -0.233. The van der Waals surface area contributed by atoms with E-state index < -0.39 is 0 Å². The van der Waals surface area contributed by atoms with Gasteiger partial charge in [0.25, 0.3) is 5.91 Å². The maximum atomic E-state index is 11.9. The number of rotatable bonds is 4. The molecule has 1 N–H and O–H groups in total. The molecular formula is C17H15BrN2O. The van der Waals surface area contributed by atoms with Crippen LogP contribution in [-0.4, -0.2) is 11.6 Å². The van der Waals surface area contributed by atoms with Crippen LogP contribution in [0.15, 0.2) is 70.2 Å². The summed E-state index contributed by atoms with van der Waals surface area (Å²) in [5.74, 6) is -0.233. The second kappa shape index (κ2) is 7.55. The first-order valence-corrected chi connectivity index (χ1v) is 7.28. The van der Waals surface area contributed by atoms with Crippen molar-refractivity contribution in [3.63, 3.8) is 0 Å². The van der Waals surface area contributed by atoms with Gasteiger partial charge in [-0.15, -0.1) is 0 Å². The Bertz CT molecular complexity index is 678. The van der Waals surface area contributed by atoms with E-state index in [1.54, 1.807) is 12.1 Å². The van der Waals surface area contributed by atoms with Gasteiger partial charge in [-0.05, 0) is 36.8 Å². The van der Waals surface area contributed by atoms with E-state index in [0.29, 0.717) is 5.56 Å². The first-order valence-electron chi connectivity index (χ1n) is 6.48. The van der Waals surface area contributed by atoms with Crippen molar-refractivity contribution in [3.05, 3.63) is 76.3 Å². The highest BCUT2D eigenvalue weighted by molar-refractivity contribution is 9.10. The summed E-state index contributed by atoms with van der Waals surface area (Å²) in [4.78, 5) is 11.9. The molecule has 1 amide bonds. The van der Waals surface area contributed by atoms with E-state index in [9.17, 15) is 4.79 Å². The van der Waals surface area contributed by atoms with Gasteiger partial charge in [0.05, 0.1) is 5.71 Å². The summed E-state index contributed by atoms with van der Waals surface area (Å²) in [6.07, 6.45) is 3.81. The van der Waals surface area contributed by atoms with Gasteiger partial charge in [-0.2, -0.15) is 5.10 Å². The zero-order valence-corrected chi connectivity index (χ0v) is 13.2. The van der Waals surface area contributed by atoms with E-state index in [1.165, 1.54) is 0 Å². The lowest BCUT2D eigenvalue weighted by Gasteiger charge is -2.01. The third kappa shape index (κ3) is 5.00. The van der Waals surface area contributed by atoms with Crippen LogP contribution >= 0.6 is 15.9 Å². The third-order valence-electron chi connectivity index (χ3n) is 2.74. The quantitative estimate of drug-likeness (QED) is 0.654. The predicted octanol–water partition coefficient (Wildman–Crippen LogP) is 4.27. The van der Waals surface area contributed by atoms with E-state index in [4.69, 9.17) is 0 Å². The Balaban J connectivity index is 1.97. The molecular weight excluding hydrogens is 328 g/mol. The Hall–Kier alpha value is -2.20. The number of hydrazone groups is 1. The van der Waals surface area contributed by atoms with E-state index in [-0.39, 0.29) is 5.91 Å². The number of carbonyl (C=O) groups excluding carboxylic acids is 1.